The summed E-state index contributed by atoms with van der Waals surface area (Å²) >= 11 is 5.21. The zero-order valence-corrected chi connectivity index (χ0v) is 11.5. The number of methoxy groups -OCH3 is 1. The fraction of sp³-hybridized carbons (Fsp3) is 0.286. The van der Waals surface area contributed by atoms with Gasteiger partial charge in [-0.15, -0.1) is 0 Å². The molecule has 1 aromatic carbocycles. The summed E-state index contributed by atoms with van der Waals surface area (Å²) in [6, 6.07) is 9.67. The highest BCUT2D eigenvalue weighted by Gasteiger charge is 2.09. The fourth-order valence-electron chi connectivity index (χ4n) is 1.76. The molecule has 0 atom stereocenters. The van der Waals surface area contributed by atoms with E-state index in [2.05, 4.69) is 23.8 Å². The van der Waals surface area contributed by atoms with E-state index in [4.69, 9.17) is 17.0 Å². The molecule has 0 fully saturated rings. The molecule has 0 aliphatic heterocycles. The molecule has 0 bridgehead atoms. The van der Waals surface area contributed by atoms with Crippen molar-refractivity contribution >= 4 is 12.2 Å². The van der Waals surface area contributed by atoms with Crippen molar-refractivity contribution in [2.75, 3.05) is 7.11 Å². The van der Waals surface area contributed by atoms with Gasteiger partial charge in [0.25, 0.3) is 0 Å². The molecular weight excluding hydrogens is 244 g/mol. The summed E-state index contributed by atoms with van der Waals surface area (Å²) < 4.78 is 5.94. The van der Waals surface area contributed by atoms with Crippen molar-refractivity contribution in [2.24, 2.45) is 0 Å². The van der Waals surface area contributed by atoms with E-state index < -0.39 is 0 Å². The number of benzene rings is 1. The number of ether oxygens (including phenoxy) is 1. The summed E-state index contributed by atoms with van der Waals surface area (Å²) in [5.41, 5.74) is 2.00. The first-order chi connectivity index (χ1) is 8.61. The lowest BCUT2D eigenvalue weighted by molar-refractivity contribution is 0.416. The van der Waals surface area contributed by atoms with E-state index >= 15 is 0 Å². The summed E-state index contributed by atoms with van der Waals surface area (Å²) in [5, 5.41) is 0. The maximum atomic E-state index is 5.35. The quantitative estimate of drug-likeness (QED) is 0.849. The maximum absolute atomic E-state index is 5.35. The van der Waals surface area contributed by atoms with Gasteiger partial charge in [-0.3, -0.25) is 0 Å². The largest absolute Gasteiger partial charge is 0.496 e. The number of hydrogen-bond acceptors (Lipinski definition) is 3. The van der Waals surface area contributed by atoms with Crippen LogP contribution in [0.4, 0.5) is 0 Å². The van der Waals surface area contributed by atoms with E-state index in [1.807, 2.05) is 30.3 Å². The molecule has 0 saturated heterocycles. The van der Waals surface area contributed by atoms with Crippen LogP contribution in [0.5, 0.6) is 5.75 Å². The molecule has 0 aliphatic carbocycles. The molecule has 1 aromatic heterocycles. The molecule has 0 spiro atoms. The SMILES string of the molecule is COc1ccccc1-c1nc(=S)cc(C(C)C)[nH]1. The van der Waals surface area contributed by atoms with Crippen LogP contribution in [0.25, 0.3) is 11.4 Å². The van der Waals surface area contributed by atoms with E-state index in [1.54, 1.807) is 7.11 Å². The minimum absolute atomic E-state index is 0.378. The molecule has 0 aliphatic rings. The summed E-state index contributed by atoms with van der Waals surface area (Å²) in [4.78, 5) is 7.69. The minimum atomic E-state index is 0.378. The number of rotatable bonds is 3. The van der Waals surface area contributed by atoms with Gasteiger partial charge in [-0.25, -0.2) is 4.98 Å². The Kier molecular flexibility index (Phi) is 3.77. The summed E-state index contributed by atoms with van der Waals surface area (Å²) in [6.07, 6.45) is 0. The van der Waals surface area contributed by atoms with Gasteiger partial charge in [0.2, 0.25) is 0 Å². The Morgan fingerprint density at radius 3 is 2.67 bits per heavy atom. The topological polar surface area (TPSA) is 37.9 Å². The van der Waals surface area contributed by atoms with Crippen molar-refractivity contribution in [3.63, 3.8) is 0 Å². The molecule has 4 heteroatoms. The highest BCUT2D eigenvalue weighted by atomic mass is 32.1. The van der Waals surface area contributed by atoms with Gasteiger partial charge in [0.15, 0.2) is 0 Å². The molecule has 0 unspecified atom stereocenters. The van der Waals surface area contributed by atoms with Crippen LogP contribution in [0.1, 0.15) is 25.5 Å². The predicted molar refractivity (Wildman–Crippen MR) is 75.5 cm³/mol. The highest BCUT2D eigenvalue weighted by Crippen LogP contribution is 2.27. The first-order valence-corrected chi connectivity index (χ1v) is 6.27. The van der Waals surface area contributed by atoms with Crippen LogP contribution in [0.15, 0.2) is 30.3 Å². The second-order valence-electron chi connectivity index (χ2n) is 4.38. The molecule has 1 heterocycles. The number of para-hydroxylation sites is 1. The Morgan fingerprint density at radius 1 is 1.28 bits per heavy atom. The van der Waals surface area contributed by atoms with Crippen LogP contribution in [-0.4, -0.2) is 17.1 Å². The van der Waals surface area contributed by atoms with Crippen molar-refractivity contribution < 1.29 is 4.74 Å². The maximum Gasteiger partial charge on any atom is 0.142 e. The first kappa shape index (κ1) is 12.8. The molecule has 3 nitrogen and oxygen atoms in total. The average molecular weight is 260 g/mol. The standard InChI is InChI=1S/C14H16N2OS/c1-9(2)11-8-13(18)16-14(15-11)10-6-4-5-7-12(10)17-3/h4-9H,1-3H3,(H,15,16,18). The monoisotopic (exact) mass is 260 g/mol. The second-order valence-corrected chi connectivity index (χ2v) is 4.80. The third-order valence-corrected chi connectivity index (χ3v) is 2.96. The van der Waals surface area contributed by atoms with Gasteiger partial charge >= 0.3 is 0 Å². The molecule has 0 radical (unpaired) electrons. The molecule has 94 valence electrons. The normalized spacial score (nSPS) is 10.7. The lowest BCUT2D eigenvalue weighted by atomic mass is 10.1. The molecule has 2 rings (SSSR count). The lowest BCUT2D eigenvalue weighted by Gasteiger charge is -2.11. The van der Waals surface area contributed by atoms with Gasteiger partial charge in [-0.05, 0) is 24.1 Å². The van der Waals surface area contributed by atoms with Crippen molar-refractivity contribution in [2.45, 2.75) is 19.8 Å². The fourth-order valence-corrected chi connectivity index (χ4v) is 1.97. The highest BCUT2D eigenvalue weighted by molar-refractivity contribution is 7.71. The van der Waals surface area contributed by atoms with Gasteiger partial charge in [-0.2, -0.15) is 0 Å². The molecule has 1 N–H and O–H groups in total. The van der Waals surface area contributed by atoms with E-state index in [-0.39, 0.29) is 0 Å². The Hall–Kier alpha value is -1.68. The van der Waals surface area contributed by atoms with Crippen molar-refractivity contribution in [3.05, 3.63) is 40.7 Å². The van der Waals surface area contributed by atoms with E-state index in [0.29, 0.717) is 10.6 Å². The zero-order chi connectivity index (χ0) is 13.1. The molecular formula is C14H16N2OS. The Morgan fingerprint density at radius 2 is 2.00 bits per heavy atom. The number of H-pyrrole nitrogens is 1. The smallest absolute Gasteiger partial charge is 0.142 e. The predicted octanol–water partition coefficient (Wildman–Crippen LogP) is 3.94. The van der Waals surface area contributed by atoms with E-state index in [1.165, 1.54) is 0 Å². The van der Waals surface area contributed by atoms with Crippen LogP contribution < -0.4 is 4.74 Å². The summed E-state index contributed by atoms with van der Waals surface area (Å²) in [7, 11) is 1.65. The summed E-state index contributed by atoms with van der Waals surface area (Å²) in [6.45, 7) is 4.24. The number of nitrogens with zero attached hydrogens (tertiary/aromatic N) is 1. The zero-order valence-electron chi connectivity index (χ0n) is 10.7. The van der Waals surface area contributed by atoms with Crippen molar-refractivity contribution in [1.29, 1.82) is 0 Å². The number of aromatic nitrogens is 2. The van der Waals surface area contributed by atoms with Crippen molar-refractivity contribution in [1.82, 2.24) is 9.97 Å². The molecule has 0 saturated carbocycles. The third-order valence-electron chi connectivity index (χ3n) is 2.75. The van der Waals surface area contributed by atoms with Gasteiger partial charge in [0.05, 0.1) is 12.7 Å². The van der Waals surface area contributed by atoms with Gasteiger partial charge in [-0.1, -0.05) is 38.2 Å². The van der Waals surface area contributed by atoms with Crippen LogP contribution in [0.3, 0.4) is 0 Å². The van der Waals surface area contributed by atoms with Crippen LogP contribution >= 0.6 is 12.2 Å². The van der Waals surface area contributed by atoms with E-state index in [0.717, 1.165) is 22.8 Å². The van der Waals surface area contributed by atoms with Gasteiger partial charge in [0.1, 0.15) is 16.2 Å². The molecule has 2 aromatic rings. The Labute approximate surface area is 112 Å². The molecule has 0 amide bonds. The second kappa shape index (κ2) is 5.31. The average Bonchev–Trinajstić information content (AvgIpc) is 2.38. The van der Waals surface area contributed by atoms with Crippen LogP contribution in [0, 0.1) is 4.64 Å². The Bertz CT molecular complexity index is 605. The van der Waals surface area contributed by atoms with Crippen LogP contribution in [-0.2, 0) is 0 Å². The number of hydrogen-bond donors (Lipinski definition) is 1. The van der Waals surface area contributed by atoms with Gasteiger partial charge < -0.3 is 9.72 Å². The lowest BCUT2D eigenvalue weighted by Crippen LogP contribution is -1.99. The number of aromatic amines is 1. The van der Waals surface area contributed by atoms with Gasteiger partial charge in [0, 0.05) is 5.69 Å². The minimum Gasteiger partial charge on any atom is -0.496 e. The Balaban J connectivity index is 2.60. The molecule has 18 heavy (non-hydrogen) atoms. The number of nitrogens with one attached hydrogen (secondary N) is 1. The summed E-state index contributed by atoms with van der Waals surface area (Å²) in [5.74, 6) is 1.92. The first-order valence-electron chi connectivity index (χ1n) is 5.86. The van der Waals surface area contributed by atoms with Crippen LogP contribution in [0.2, 0.25) is 0 Å². The third kappa shape index (κ3) is 2.59. The van der Waals surface area contributed by atoms with E-state index in [9.17, 15) is 0 Å². The van der Waals surface area contributed by atoms with Crippen molar-refractivity contribution in [3.8, 4) is 17.1 Å².